The molecule has 2 N–H and O–H groups in total. The molecular weight excluding hydrogens is 384 g/mol. The molecule has 0 bridgehead atoms. The molecule has 1 aliphatic rings. The number of likely N-dealkylation sites (tertiary alicyclic amines) is 1. The minimum atomic E-state index is -0.448. The lowest BCUT2D eigenvalue weighted by atomic mass is 9.89. The highest BCUT2D eigenvalue weighted by Crippen LogP contribution is 2.34. The zero-order chi connectivity index (χ0) is 20.8. The van der Waals surface area contributed by atoms with Crippen LogP contribution >= 0.6 is 11.8 Å². The smallest absolute Gasteiger partial charge is 0.245 e. The quantitative estimate of drug-likeness (QED) is 0.728. The molecule has 2 heterocycles. The molecule has 1 aromatic carbocycles. The summed E-state index contributed by atoms with van der Waals surface area (Å²) < 4.78 is 0. The van der Waals surface area contributed by atoms with Crippen molar-refractivity contribution in [3.05, 3.63) is 41.7 Å². The number of carbonyl (C=O) groups excluding carboxylic acids is 2. The number of benzene rings is 1. The number of nitrogens with zero attached hydrogens (tertiary/aromatic N) is 2. The molecule has 2 amide bonds. The van der Waals surface area contributed by atoms with Crippen LogP contribution < -0.4 is 5.32 Å². The van der Waals surface area contributed by atoms with Crippen LogP contribution in [-0.4, -0.2) is 58.1 Å². The van der Waals surface area contributed by atoms with E-state index in [1.54, 1.807) is 11.8 Å². The van der Waals surface area contributed by atoms with Crippen molar-refractivity contribution in [1.82, 2.24) is 20.4 Å². The van der Waals surface area contributed by atoms with Gasteiger partial charge in [0.25, 0.3) is 0 Å². The van der Waals surface area contributed by atoms with E-state index in [0.717, 1.165) is 36.4 Å². The third-order valence-corrected chi connectivity index (χ3v) is 6.18. The minimum Gasteiger partial charge on any atom is -0.345 e. The van der Waals surface area contributed by atoms with Gasteiger partial charge in [0.15, 0.2) is 0 Å². The highest BCUT2D eigenvalue weighted by atomic mass is 32.2. The van der Waals surface area contributed by atoms with Gasteiger partial charge in [-0.3, -0.25) is 14.7 Å². The van der Waals surface area contributed by atoms with Crippen LogP contribution in [0.4, 0.5) is 0 Å². The average Bonchev–Trinajstić information content (AvgIpc) is 3.20. The van der Waals surface area contributed by atoms with Crippen molar-refractivity contribution in [3.63, 3.8) is 0 Å². The van der Waals surface area contributed by atoms with Crippen LogP contribution in [0.25, 0.3) is 11.1 Å². The summed E-state index contributed by atoms with van der Waals surface area (Å²) in [5, 5.41) is 10.3. The van der Waals surface area contributed by atoms with E-state index >= 15 is 0 Å². The van der Waals surface area contributed by atoms with Crippen LogP contribution in [0.15, 0.2) is 30.5 Å². The molecule has 3 rings (SSSR count). The predicted molar refractivity (Wildman–Crippen MR) is 118 cm³/mol. The molecule has 156 valence electrons. The van der Waals surface area contributed by atoms with Crippen LogP contribution in [-0.2, 0) is 9.59 Å². The summed E-state index contributed by atoms with van der Waals surface area (Å²) in [7, 11) is 0. The molecule has 1 unspecified atom stereocenters. The Hall–Kier alpha value is -2.28. The fourth-order valence-electron chi connectivity index (χ4n) is 4.07. The topological polar surface area (TPSA) is 78.1 Å². The fraction of sp³-hybridized carbons (Fsp3) is 0.500. The first-order valence-electron chi connectivity index (χ1n) is 10.1. The van der Waals surface area contributed by atoms with Crippen LogP contribution in [0.3, 0.4) is 0 Å². The Labute approximate surface area is 176 Å². The first kappa shape index (κ1) is 21.4. The van der Waals surface area contributed by atoms with Gasteiger partial charge in [-0.25, -0.2) is 0 Å². The maximum atomic E-state index is 13.1. The first-order valence-corrected chi connectivity index (χ1v) is 11.5. The van der Waals surface area contributed by atoms with Gasteiger partial charge in [0.05, 0.1) is 6.20 Å². The third-order valence-electron chi connectivity index (χ3n) is 5.53. The highest BCUT2D eigenvalue weighted by Gasteiger charge is 2.31. The Bertz CT molecular complexity index is 851. The van der Waals surface area contributed by atoms with Gasteiger partial charge in [-0.05, 0) is 49.3 Å². The predicted octanol–water partition coefficient (Wildman–Crippen LogP) is 3.35. The molecule has 1 aromatic heterocycles. The van der Waals surface area contributed by atoms with E-state index in [9.17, 15) is 9.59 Å². The number of nitrogens with one attached hydrogen (secondary N) is 2. The van der Waals surface area contributed by atoms with Gasteiger partial charge in [0.1, 0.15) is 6.04 Å². The van der Waals surface area contributed by atoms with Crippen LogP contribution in [0.1, 0.15) is 43.4 Å². The van der Waals surface area contributed by atoms with Crippen molar-refractivity contribution in [1.29, 1.82) is 0 Å². The van der Waals surface area contributed by atoms with Gasteiger partial charge in [-0.15, -0.1) is 0 Å². The van der Waals surface area contributed by atoms with E-state index in [0.29, 0.717) is 13.0 Å². The second-order valence-corrected chi connectivity index (χ2v) is 8.66. The highest BCUT2D eigenvalue weighted by molar-refractivity contribution is 7.98. The van der Waals surface area contributed by atoms with Crippen molar-refractivity contribution in [3.8, 4) is 11.1 Å². The van der Waals surface area contributed by atoms with Crippen molar-refractivity contribution < 1.29 is 9.59 Å². The molecule has 0 aliphatic carbocycles. The number of piperidine rings is 1. The molecular formula is C22H30N4O2S. The summed E-state index contributed by atoms with van der Waals surface area (Å²) in [6, 6.07) is 7.85. The molecule has 1 saturated heterocycles. The van der Waals surface area contributed by atoms with E-state index in [1.165, 1.54) is 18.1 Å². The van der Waals surface area contributed by atoms with Gasteiger partial charge in [-0.2, -0.15) is 16.9 Å². The van der Waals surface area contributed by atoms with Crippen LogP contribution in [0.5, 0.6) is 0 Å². The largest absolute Gasteiger partial charge is 0.345 e. The number of H-pyrrole nitrogens is 1. The van der Waals surface area contributed by atoms with E-state index in [1.807, 2.05) is 29.5 Å². The SMILES string of the molecule is CSCC[C@H](NC(C)=O)C(=O)N1CCCC(c2[nH]ncc2-c2ccccc2C)C1. The average molecular weight is 415 g/mol. The zero-order valence-corrected chi connectivity index (χ0v) is 18.2. The summed E-state index contributed by atoms with van der Waals surface area (Å²) >= 11 is 1.69. The molecule has 29 heavy (non-hydrogen) atoms. The minimum absolute atomic E-state index is 0.0240. The van der Waals surface area contributed by atoms with Crippen molar-refractivity contribution in [2.75, 3.05) is 25.1 Å². The molecule has 1 aliphatic heterocycles. The van der Waals surface area contributed by atoms with E-state index in [4.69, 9.17) is 0 Å². The van der Waals surface area contributed by atoms with Gasteiger partial charge < -0.3 is 10.2 Å². The first-order chi connectivity index (χ1) is 14.0. The Kier molecular flexibility index (Phi) is 7.36. The van der Waals surface area contributed by atoms with Crippen LogP contribution in [0.2, 0.25) is 0 Å². The summed E-state index contributed by atoms with van der Waals surface area (Å²) in [5.74, 6) is 0.916. The standard InChI is InChI=1S/C22H30N4O2S/c1-15-7-4-5-9-18(15)19-13-23-25-21(19)17-8-6-11-26(14-17)22(28)20(10-12-29-3)24-16(2)27/h4-5,7,9,13,17,20H,6,8,10-12,14H2,1-3H3,(H,23,25)(H,24,27)/t17?,20-/m0/s1. The van der Waals surface area contributed by atoms with Gasteiger partial charge in [-0.1, -0.05) is 24.3 Å². The van der Waals surface area contributed by atoms with Crippen molar-refractivity contribution >= 4 is 23.6 Å². The maximum Gasteiger partial charge on any atom is 0.245 e. The second-order valence-electron chi connectivity index (χ2n) is 7.67. The monoisotopic (exact) mass is 414 g/mol. The molecule has 0 radical (unpaired) electrons. The van der Waals surface area contributed by atoms with Crippen molar-refractivity contribution in [2.24, 2.45) is 0 Å². The summed E-state index contributed by atoms with van der Waals surface area (Å²) in [5.41, 5.74) is 4.60. The lowest BCUT2D eigenvalue weighted by molar-refractivity contribution is -0.137. The van der Waals surface area contributed by atoms with Crippen LogP contribution in [0, 0.1) is 6.92 Å². The van der Waals surface area contributed by atoms with E-state index < -0.39 is 6.04 Å². The summed E-state index contributed by atoms with van der Waals surface area (Å²) in [6.45, 7) is 4.96. The molecule has 2 aromatic rings. The number of thioether (sulfide) groups is 1. The lowest BCUT2D eigenvalue weighted by Gasteiger charge is -2.35. The molecule has 6 nitrogen and oxygen atoms in total. The lowest BCUT2D eigenvalue weighted by Crippen LogP contribution is -2.51. The second kappa shape index (κ2) is 9.96. The Balaban J connectivity index is 1.77. The number of carbonyl (C=O) groups is 2. The molecule has 0 saturated carbocycles. The number of aromatic nitrogens is 2. The third kappa shape index (κ3) is 5.21. The van der Waals surface area contributed by atoms with Gasteiger partial charge in [0, 0.05) is 37.2 Å². The van der Waals surface area contributed by atoms with Crippen molar-refractivity contribution in [2.45, 2.75) is 45.1 Å². The Morgan fingerprint density at radius 1 is 1.34 bits per heavy atom. The number of rotatable bonds is 7. The number of hydrogen-bond acceptors (Lipinski definition) is 4. The fourth-order valence-corrected chi connectivity index (χ4v) is 4.54. The van der Waals surface area contributed by atoms with Gasteiger partial charge in [0.2, 0.25) is 11.8 Å². The molecule has 0 spiro atoms. The summed E-state index contributed by atoms with van der Waals surface area (Å²) in [6.07, 6.45) is 6.51. The molecule has 1 fully saturated rings. The maximum absolute atomic E-state index is 13.1. The number of aromatic amines is 1. The Morgan fingerprint density at radius 2 is 2.14 bits per heavy atom. The van der Waals surface area contributed by atoms with E-state index in [2.05, 4.69) is 34.6 Å². The molecule has 7 heteroatoms. The zero-order valence-electron chi connectivity index (χ0n) is 17.4. The number of amides is 2. The molecule has 2 atom stereocenters. The number of hydrogen-bond donors (Lipinski definition) is 2. The van der Waals surface area contributed by atoms with Gasteiger partial charge >= 0.3 is 0 Å². The summed E-state index contributed by atoms with van der Waals surface area (Å²) in [4.78, 5) is 26.6. The Morgan fingerprint density at radius 3 is 2.86 bits per heavy atom. The number of aryl methyl sites for hydroxylation is 1. The van der Waals surface area contributed by atoms with E-state index in [-0.39, 0.29) is 17.7 Å². The normalized spacial score (nSPS) is 17.8.